The first-order chi connectivity index (χ1) is 11.0. The Morgan fingerprint density at radius 3 is 2.43 bits per heavy atom. The average Bonchev–Trinajstić information content (AvgIpc) is 2.83. The highest BCUT2D eigenvalue weighted by Crippen LogP contribution is 2.45. The summed E-state index contributed by atoms with van der Waals surface area (Å²) in [5.74, 6) is 0. The molecule has 120 valence electrons. The van der Waals surface area contributed by atoms with E-state index < -0.39 is 0 Å². The third-order valence-corrected chi connectivity index (χ3v) is 5.77. The van der Waals surface area contributed by atoms with E-state index in [-0.39, 0.29) is 0 Å². The molecular weight excluding hydrogens is 300 g/mol. The second-order valence-electron chi connectivity index (χ2n) is 6.31. The Bertz CT molecular complexity index is 741. The van der Waals surface area contributed by atoms with Crippen LogP contribution in [-0.4, -0.2) is 7.05 Å². The van der Waals surface area contributed by atoms with Gasteiger partial charge in [0.2, 0.25) is 0 Å². The van der Waals surface area contributed by atoms with E-state index in [0.717, 1.165) is 6.42 Å². The Labute approximate surface area is 143 Å². The van der Waals surface area contributed by atoms with Crippen LogP contribution < -0.4 is 9.47 Å². The predicted octanol–water partition coefficient (Wildman–Crippen LogP) is 5.10. The smallest absolute Gasteiger partial charge is 0.179 e. The number of fused-ring (bicyclic) bond motifs is 1. The van der Waals surface area contributed by atoms with Gasteiger partial charge < -0.3 is 4.90 Å². The molecule has 0 saturated carbocycles. The molecule has 0 bridgehead atoms. The lowest BCUT2D eigenvalue weighted by molar-refractivity contribution is -0.730. The van der Waals surface area contributed by atoms with Gasteiger partial charge in [-0.3, -0.25) is 0 Å². The maximum absolute atomic E-state index is 2.43. The number of benzene rings is 1. The number of thioether (sulfide) groups is 1. The molecule has 1 aliphatic rings. The Balaban J connectivity index is 1.96. The zero-order chi connectivity index (χ0) is 16.6. The van der Waals surface area contributed by atoms with Crippen molar-refractivity contribution in [3.8, 4) is 0 Å². The number of para-hydroxylation sites is 1. The molecule has 0 saturated heterocycles. The molecule has 0 spiro atoms. The third kappa shape index (κ3) is 3.02. The van der Waals surface area contributed by atoms with Crippen LogP contribution in [0.15, 0.2) is 46.3 Å². The SMILES string of the molecule is CC[C@H](C)[n+]1c(C)cc(C=C2Sc3ccccc3N2C)cc1C. The van der Waals surface area contributed by atoms with E-state index in [1.165, 1.54) is 32.6 Å². The summed E-state index contributed by atoms with van der Waals surface area (Å²) in [6.07, 6.45) is 3.45. The van der Waals surface area contributed by atoms with Gasteiger partial charge in [0.15, 0.2) is 17.4 Å². The molecule has 1 aliphatic heterocycles. The number of rotatable bonds is 3. The number of hydrogen-bond donors (Lipinski definition) is 0. The van der Waals surface area contributed by atoms with Crippen LogP contribution >= 0.6 is 11.8 Å². The van der Waals surface area contributed by atoms with E-state index in [4.69, 9.17) is 0 Å². The van der Waals surface area contributed by atoms with Crippen molar-refractivity contribution in [1.82, 2.24) is 0 Å². The number of anilines is 1. The second-order valence-corrected chi connectivity index (χ2v) is 7.37. The van der Waals surface area contributed by atoms with Crippen LogP contribution in [0, 0.1) is 13.8 Å². The number of aromatic nitrogens is 1. The Morgan fingerprint density at radius 1 is 1.17 bits per heavy atom. The largest absolute Gasteiger partial charge is 0.338 e. The fourth-order valence-corrected chi connectivity index (χ4v) is 4.40. The molecule has 0 fully saturated rings. The fraction of sp³-hybridized carbons (Fsp3) is 0.350. The molecule has 1 aromatic carbocycles. The van der Waals surface area contributed by atoms with Gasteiger partial charge in [0.05, 0.1) is 10.7 Å². The Hall–Kier alpha value is -1.74. The molecule has 3 rings (SSSR count). The monoisotopic (exact) mass is 325 g/mol. The topological polar surface area (TPSA) is 7.12 Å². The lowest BCUT2D eigenvalue weighted by Gasteiger charge is -2.14. The quantitative estimate of drug-likeness (QED) is 0.725. The fourth-order valence-electron chi connectivity index (χ4n) is 3.29. The Morgan fingerprint density at radius 2 is 1.83 bits per heavy atom. The van der Waals surface area contributed by atoms with Gasteiger partial charge in [-0.25, -0.2) is 0 Å². The lowest BCUT2D eigenvalue weighted by Crippen LogP contribution is -2.43. The summed E-state index contributed by atoms with van der Waals surface area (Å²) < 4.78 is 2.43. The molecule has 2 aromatic rings. The van der Waals surface area contributed by atoms with E-state index in [1.807, 2.05) is 11.8 Å². The van der Waals surface area contributed by atoms with E-state index in [2.05, 4.69) is 86.7 Å². The molecule has 2 heterocycles. The van der Waals surface area contributed by atoms with Crippen molar-refractivity contribution < 1.29 is 4.57 Å². The minimum atomic E-state index is 0.546. The first kappa shape index (κ1) is 16.1. The molecule has 3 heteroatoms. The van der Waals surface area contributed by atoms with Gasteiger partial charge in [-0.1, -0.05) is 30.8 Å². The van der Waals surface area contributed by atoms with Gasteiger partial charge in [-0.15, -0.1) is 0 Å². The van der Waals surface area contributed by atoms with Crippen molar-refractivity contribution >= 4 is 23.5 Å². The molecule has 0 N–H and O–H groups in total. The maximum atomic E-state index is 2.43. The highest BCUT2D eigenvalue weighted by Gasteiger charge is 2.22. The van der Waals surface area contributed by atoms with E-state index in [0.29, 0.717) is 6.04 Å². The van der Waals surface area contributed by atoms with E-state index in [1.54, 1.807) is 0 Å². The van der Waals surface area contributed by atoms with Crippen LogP contribution in [-0.2, 0) is 0 Å². The zero-order valence-electron chi connectivity index (χ0n) is 14.6. The van der Waals surface area contributed by atoms with Gasteiger partial charge in [-0.05, 0) is 30.7 Å². The average molecular weight is 326 g/mol. The molecule has 0 unspecified atom stereocenters. The number of pyridine rings is 1. The van der Waals surface area contributed by atoms with Crippen molar-refractivity contribution in [1.29, 1.82) is 0 Å². The van der Waals surface area contributed by atoms with Crippen LogP contribution in [0.1, 0.15) is 43.3 Å². The van der Waals surface area contributed by atoms with Gasteiger partial charge in [-0.2, -0.15) is 4.57 Å². The summed E-state index contributed by atoms with van der Waals surface area (Å²) in [4.78, 5) is 3.61. The summed E-state index contributed by atoms with van der Waals surface area (Å²) in [6, 6.07) is 13.7. The highest BCUT2D eigenvalue weighted by molar-refractivity contribution is 8.03. The van der Waals surface area contributed by atoms with Crippen LogP contribution in [0.25, 0.3) is 6.08 Å². The van der Waals surface area contributed by atoms with Crippen LogP contribution in [0.2, 0.25) is 0 Å². The summed E-state index contributed by atoms with van der Waals surface area (Å²) in [5.41, 5.74) is 5.23. The molecule has 2 nitrogen and oxygen atoms in total. The second kappa shape index (κ2) is 6.40. The van der Waals surface area contributed by atoms with Crippen LogP contribution in [0.3, 0.4) is 0 Å². The van der Waals surface area contributed by atoms with E-state index in [9.17, 15) is 0 Å². The zero-order valence-corrected chi connectivity index (χ0v) is 15.4. The lowest BCUT2D eigenvalue weighted by atomic mass is 10.1. The number of nitrogens with zero attached hydrogens (tertiary/aromatic N) is 2. The van der Waals surface area contributed by atoms with Crippen molar-refractivity contribution in [3.05, 3.63) is 58.4 Å². The number of hydrogen-bond acceptors (Lipinski definition) is 2. The highest BCUT2D eigenvalue weighted by atomic mass is 32.2. The summed E-state index contributed by atoms with van der Waals surface area (Å²) >= 11 is 1.85. The first-order valence-corrected chi connectivity index (χ1v) is 9.08. The normalized spacial score (nSPS) is 16.7. The third-order valence-electron chi connectivity index (χ3n) is 4.60. The first-order valence-electron chi connectivity index (χ1n) is 8.26. The van der Waals surface area contributed by atoms with Gasteiger partial charge >= 0.3 is 0 Å². The molecule has 0 aliphatic carbocycles. The maximum Gasteiger partial charge on any atom is 0.179 e. The standard InChI is InChI=1S/C20H25N2S/c1-6-14(2)22-15(3)11-17(12-16(22)4)13-20-21(5)18-9-7-8-10-19(18)23-20/h7-14H,6H2,1-5H3/q+1/t14-/m0/s1. The van der Waals surface area contributed by atoms with Crippen molar-refractivity contribution in [2.75, 3.05) is 11.9 Å². The molecular formula is C20H25N2S+. The van der Waals surface area contributed by atoms with Gasteiger partial charge in [0.1, 0.15) is 0 Å². The summed E-state index contributed by atoms with van der Waals surface area (Å²) in [5, 5.41) is 1.28. The minimum absolute atomic E-state index is 0.546. The van der Waals surface area contributed by atoms with Crippen LogP contribution in [0.4, 0.5) is 5.69 Å². The number of aryl methyl sites for hydroxylation is 2. The van der Waals surface area contributed by atoms with E-state index >= 15 is 0 Å². The summed E-state index contributed by atoms with van der Waals surface area (Å²) in [7, 11) is 2.15. The molecule has 0 amide bonds. The van der Waals surface area contributed by atoms with Crippen molar-refractivity contribution in [2.45, 2.75) is 45.1 Å². The summed E-state index contributed by atoms with van der Waals surface area (Å²) in [6.45, 7) is 8.95. The molecule has 1 atom stereocenters. The van der Waals surface area contributed by atoms with Gasteiger partial charge in [0.25, 0.3) is 0 Å². The Kier molecular flexibility index (Phi) is 4.49. The van der Waals surface area contributed by atoms with Crippen molar-refractivity contribution in [3.63, 3.8) is 0 Å². The molecule has 23 heavy (non-hydrogen) atoms. The molecule has 1 aromatic heterocycles. The van der Waals surface area contributed by atoms with Crippen LogP contribution in [0.5, 0.6) is 0 Å². The molecule has 0 radical (unpaired) electrons. The van der Waals surface area contributed by atoms with Gasteiger partial charge in [0, 0.05) is 44.3 Å². The predicted molar refractivity (Wildman–Crippen MR) is 99.8 cm³/mol. The van der Waals surface area contributed by atoms with Crippen molar-refractivity contribution in [2.24, 2.45) is 0 Å². The minimum Gasteiger partial charge on any atom is -0.338 e.